The van der Waals surface area contributed by atoms with Gasteiger partial charge in [0.25, 0.3) is 0 Å². The summed E-state index contributed by atoms with van der Waals surface area (Å²) in [5.41, 5.74) is 1.66. The van der Waals surface area contributed by atoms with Gasteiger partial charge in [0.15, 0.2) is 0 Å². The molecular formula is C11H11FN4. The highest BCUT2D eigenvalue weighted by atomic mass is 19.1. The number of nitrogens with zero attached hydrogens (tertiary/aromatic N) is 3. The summed E-state index contributed by atoms with van der Waals surface area (Å²) >= 11 is 0. The Morgan fingerprint density at radius 1 is 1.25 bits per heavy atom. The van der Waals surface area contributed by atoms with Gasteiger partial charge in [0.1, 0.15) is 5.82 Å². The van der Waals surface area contributed by atoms with Crippen molar-refractivity contribution in [1.29, 1.82) is 0 Å². The molecule has 0 fully saturated rings. The van der Waals surface area contributed by atoms with Gasteiger partial charge in [0.05, 0.1) is 11.9 Å². The van der Waals surface area contributed by atoms with E-state index < -0.39 is 0 Å². The molecule has 0 unspecified atom stereocenters. The van der Waals surface area contributed by atoms with E-state index in [1.807, 2.05) is 12.1 Å². The molecule has 0 aliphatic carbocycles. The van der Waals surface area contributed by atoms with Crippen LogP contribution in [0.25, 0.3) is 0 Å². The van der Waals surface area contributed by atoms with Crippen molar-refractivity contribution in [2.24, 2.45) is 0 Å². The largest absolute Gasteiger partial charge is 0.307 e. The fourth-order valence-corrected chi connectivity index (χ4v) is 1.32. The van der Waals surface area contributed by atoms with E-state index in [1.54, 1.807) is 12.4 Å². The molecule has 5 heteroatoms. The number of rotatable bonds is 4. The van der Waals surface area contributed by atoms with Crippen molar-refractivity contribution in [3.8, 4) is 0 Å². The maximum absolute atomic E-state index is 12.8. The highest BCUT2D eigenvalue weighted by Crippen LogP contribution is 2.00. The van der Waals surface area contributed by atoms with E-state index in [-0.39, 0.29) is 5.82 Å². The molecule has 16 heavy (non-hydrogen) atoms. The monoisotopic (exact) mass is 218 g/mol. The van der Waals surface area contributed by atoms with Gasteiger partial charge in [-0.3, -0.25) is 4.98 Å². The van der Waals surface area contributed by atoms with Crippen LogP contribution in [0, 0.1) is 5.82 Å². The van der Waals surface area contributed by atoms with E-state index in [2.05, 4.69) is 20.5 Å². The smallest absolute Gasteiger partial charge is 0.141 e. The van der Waals surface area contributed by atoms with Crippen LogP contribution in [-0.2, 0) is 13.1 Å². The fourth-order valence-electron chi connectivity index (χ4n) is 1.32. The van der Waals surface area contributed by atoms with Crippen LogP contribution in [0.2, 0.25) is 0 Å². The third kappa shape index (κ3) is 3.06. The van der Waals surface area contributed by atoms with E-state index in [1.165, 1.54) is 12.3 Å². The van der Waals surface area contributed by atoms with Crippen molar-refractivity contribution >= 4 is 0 Å². The first-order chi connectivity index (χ1) is 7.84. The summed E-state index contributed by atoms with van der Waals surface area (Å²) in [5.74, 6) is -0.321. The minimum absolute atomic E-state index is 0.321. The van der Waals surface area contributed by atoms with Crippen LogP contribution in [0.4, 0.5) is 4.39 Å². The Labute approximate surface area is 92.6 Å². The number of hydrogen-bond acceptors (Lipinski definition) is 4. The number of hydrogen-bond donors (Lipinski definition) is 1. The lowest BCUT2D eigenvalue weighted by Gasteiger charge is -2.03. The lowest BCUT2D eigenvalue weighted by molar-refractivity contribution is 0.611. The van der Waals surface area contributed by atoms with E-state index in [0.717, 1.165) is 11.3 Å². The summed E-state index contributed by atoms with van der Waals surface area (Å²) in [6.07, 6.45) is 4.44. The fraction of sp³-hybridized carbons (Fsp3) is 0.182. The molecule has 0 saturated heterocycles. The quantitative estimate of drug-likeness (QED) is 0.840. The van der Waals surface area contributed by atoms with Crippen molar-refractivity contribution < 1.29 is 4.39 Å². The molecule has 0 aromatic carbocycles. The summed E-state index contributed by atoms with van der Waals surface area (Å²) in [4.78, 5) is 3.77. The van der Waals surface area contributed by atoms with E-state index in [9.17, 15) is 4.39 Å². The molecule has 2 aromatic heterocycles. The minimum atomic E-state index is -0.321. The molecule has 0 amide bonds. The minimum Gasteiger partial charge on any atom is -0.307 e. The zero-order valence-electron chi connectivity index (χ0n) is 8.60. The van der Waals surface area contributed by atoms with Crippen LogP contribution in [0.15, 0.2) is 36.8 Å². The summed E-state index contributed by atoms with van der Waals surface area (Å²) < 4.78 is 12.8. The van der Waals surface area contributed by atoms with Crippen LogP contribution in [0.3, 0.4) is 0 Å². The van der Waals surface area contributed by atoms with Crippen molar-refractivity contribution in [1.82, 2.24) is 20.5 Å². The summed E-state index contributed by atoms with van der Waals surface area (Å²) in [5, 5.41) is 10.8. The van der Waals surface area contributed by atoms with Crippen molar-refractivity contribution in [3.05, 3.63) is 53.9 Å². The van der Waals surface area contributed by atoms with Crippen LogP contribution in [0.1, 0.15) is 11.3 Å². The zero-order valence-corrected chi connectivity index (χ0v) is 8.60. The number of aromatic nitrogens is 3. The Hall–Kier alpha value is -1.88. The average Bonchev–Trinajstić information content (AvgIpc) is 2.30. The predicted molar refractivity (Wildman–Crippen MR) is 56.8 cm³/mol. The third-order valence-electron chi connectivity index (χ3n) is 2.02. The van der Waals surface area contributed by atoms with Gasteiger partial charge in [-0.25, -0.2) is 4.39 Å². The van der Waals surface area contributed by atoms with Crippen molar-refractivity contribution in [2.75, 3.05) is 0 Å². The Balaban J connectivity index is 1.85. The highest BCUT2D eigenvalue weighted by Gasteiger charge is 1.97. The van der Waals surface area contributed by atoms with Gasteiger partial charge >= 0.3 is 0 Å². The second kappa shape index (κ2) is 5.27. The second-order valence-corrected chi connectivity index (χ2v) is 3.33. The molecule has 0 aliphatic heterocycles. The molecule has 82 valence electrons. The Kier molecular flexibility index (Phi) is 3.50. The first kappa shape index (κ1) is 10.6. The predicted octanol–water partition coefficient (Wildman–Crippen LogP) is 1.30. The first-order valence-corrected chi connectivity index (χ1v) is 4.91. The van der Waals surface area contributed by atoms with Crippen LogP contribution >= 0.6 is 0 Å². The van der Waals surface area contributed by atoms with Crippen LogP contribution in [-0.4, -0.2) is 15.2 Å². The maximum atomic E-state index is 12.8. The van der Waals surface area contributed by atoms with Gasteiger partial charge < -0.3 is 5.32 Å². The third-order valence-corrected chi connectivity index (χ3v) is 2.02. The van der Waals surface area contributed by atoms with E-state index in [4.69, 9.17) is 0 Å². The number of halogens is 1. The molecule has 0 atom stereocenters. The van der Waals surface area contributed by atoms with E-state index >= 15 is 0 Å². The van der Waals surface area contributed by atoms with Gasteiger partial charge in [-0.2, -0.15) is 10.2 Å². The van der Waals surface area contributed by atoms with Crippen molar-refractivity contribution in [2.45, 2.75) is 13.1 Å². The molecule has 2 rings (SSSR count). The molecule has 0 bridgehead atoms. The van der Waals surface area contributed by atoms with Crippen LogP contribution < -0.4 is 5.32 Å². The SMILES string of the molecule is Fc1cncc(CNCc2cccnn2)c1. The lowest BCUT2D eigenvalue weighted by atomic mass is 10.3. The first-order valence-electron chi connectivity index (χ1n) is 4.91. The normalized spacial score (nSPS) is 10.3. The molecule has 0 aliphatic rings. The summed E-state index contributed by atoms with van der Waals surface area (Å²) in [7, 11) is 0. The zero-order chi connectivity index (χ0) is 11.2. The van der Waals surface area contributed by atoms with Gasteiger partial charge in [0.2, 0.25) is 0 Å². The molecular weight excluding hydrogens is 207 g/mol. The van der Waals surface area contributed by atoms with E-state index in [0.29, 0.717) is 13.1 Å². The van der Waals surface area contributed by atoms with Gasteiger partial charge in [0, 0.05) is 25.5 Å². The average molecular weight is 218 g/mol. The molecule has 1 N–H and O–H groups in total. The Bertz CT molecular complexity index is 447. The van der Waals surface area contributed by atoms with Gasteiger partial charge in [-0.05, 0) is 23.8 Å². The molecule has 0 spiro atoms. The summed E-state index contributed by atoms with van der Waals surface area (Å²) in [6.45, 7) is 1.16. The van der Waals surface area contributed by atoms with Gasteiger partial charge in [-0.1, -0.05) is 0 Å². The van der Waals surface area contributed by atoms with Crippen LogP contribution in [0.5, 0.6) is 0 Å². The number of nitrogens with one attached hydrogen (secondary N) is 1. The molecule has 2 heterocycles. The molecule has 2 aromatic rings. The topological polar surface area (TPSA) is 50.7 Å². The highest BCUT2D eigenvalue weighted by molar-refractivity contribution is 5.10. The molecule has 0 radical (unpaired) electrons. The molecule has 0 saturated carbocycles. The van der Waals surface area contributed by atoms with Gasteiger partial charge in [-0.15, -0.1) is 0 Å². The second-order valence-electron chi connectivity index (χ2n) is 3.33. The summed E-state index contributed by atoms with van der Waals surface area (Å²) in [6, 6.07) is 5.16. The standard InChI is InChI=1S/C11H11FN4/c12-10-4-9(5-13-7-10)6-14-8-11-2-1-3-15-16-11/h1-5,7,14H,6,8H2. The number of pyridine rings is 1. The van der Waals surface area contributed by atoms with Crippen molar-refractivity contribution in [3.63, 3.8) is 0 Å². The Morgan fingerprint density at radius 3 is 2.94 bits per heavy atom. The Morgan fingerprint density at radius 2 is 2.19 bits per heavy atom. The maximum Gasteiger partial charge on any atom is 0.141 e. The molecule has 4 nitrogen and oxygen atoms in total. The lowest BCUT2D eigenvalue weighted by Crippen LogP contribution is -2.14.